The Morgan fingerprint density at radius 1 is 1.00 bits per heavy atom. The molecule has 6 heteroatoms. The number of amides is 2. The molecule has 0 aliphatic carbocycles. The fraction of sp³-hybridized carbons (Fsp3) is 0.300. The van der Waals surface area contributed by atoms with Gasteiger partial charge in [-0.1, -0.05) is 24.3 Å². The maximum absolute atomic E-state index is 12.1. The van der Waals surface area contributed by atoms with Gasteiger partial charge in [0.15, 0.2) is 11.5 Å². The van der Waals surface area contributed by atoms with Gasteiger partial charge in [-0.05, 0) is 43.7 Å². The molecule has 26 heavy (non-hydrogen) atoms. The van der Waals surface area contributed by atoms with E-state index in [-0.39, 0.29) is 6.42 Å². The van der Waals surface area contributed by atoms with Gasteiger partial charge in [0.05, 0.1) is 13.2 Å². The molecule has 0 heterocycles. The largest absolute Gasteiger partial charge is 0.490 e. The second-order valence-corrected chi connectivity index (χ2v) is 5.63. The van der Waals surface area contributed by atoms with Crippen LogP contribution in [0.2, 0.25) is 0 Å². The molecule has 2 rings (SSSR count). The van der Waals surface area contributed by atoms with E-state index < -0.39 is 17.9 Å². The quantitative estimate of drug-likeness (QED) is 0.759. The summed E-state index contributed by atoms with van der Waals surface area (Å²) < 4.78 is 11.1. The number of carbonyl (C=O) groups is 2. The van der Waals surface area contributed by atoms with Gasteiger partial charge < -0.3 is 15.2 Å². The Labute approximate surface area is 153 Å². The zero-order valence-corrected chi connectivity index (χ0v) is 15.0. The Morgan fingerprint density at radius 3 is 2.31 bits per heavy atom. The summed E-state index contributed by atoms with van der Waals surface area (Å²) in [5.41, 5.74) is 7.29. The van der Waals surface area contributed by atoms with Gasteiger partial charge in [0.1, 0.15) is 0 Å². The van der Waals surface area contributed by atoms with Crippen LogP contribution in [0.3, 0.4) is 0 Å². The number of benzene rings is 2. The third kappa shape index (κ3) is 5.32. The van der Waals surface area contributed by atoms with Crippen LogP contribution in [0.1, 0.15) is 42.2 Å². The van der Waals surface area contributed by atoms with Crippen LogP contribution in [0.4, 0.5) is 0 Å². The molecule has 0 aromatic heterocycles. The van der Waals surface area contributed by atoms with Gasteiger partial charge in [-0.15, -0.1) is 0 Å². The van der Waals surface area contributed by atoms with Gasteiger partial charge in [0, 0.05) is 18.0 Å². The second-order valence-electron chi connectivity index (χ2n) is 5.63. The van der Waals surface area contributed by atoms with Crippen LogP contribution in [-0.2, 0) is 4.79 Å². The highest BCUT2D eigenvalue weighted by Crippen LogP contribution is 2.31. The van der Waals surface area contributed by atoms with Gasteiger partial charge in [-0.2, -0.15) is 0 Å². The van der Waals surface area contributed by atoms with Crippen LogP contribution < -0.4 is 20.5 Å². The normalized spacial score (nSPS) is 11.5. The summed E-state index contributed by atoms with van der Waals surface area (Å²) in [4.78, 5) is 24.1. The zero-order valence-electron chi connectivity index (χ0n) is 15.0. The molecule has 2 aromatic carbocycles. The molecule has 6 nitrogen and oxygen atoms in total. The predicted octanol–water partition coefficient (Wildman–Crippen LogP) is 2.83. The van der Waals surface area contributed by atoms with Crippen LogP contribution in [0.15, 0.2) is 48.5 Å². The molecule has 0 aliphatic heterocycles. The molecule has 1 unspecified atom stereocenters. The SMILES string of the molecule is CCOc1ccc(C(N)CC(=O)NC(=O)c2ccccc2)cc1OCC. The molecule has 0 aliphatic rings. The molecule has 3 N–H and O–H groups in total. The van der Waals surface area contributed by atoms with Crippen molar-refractivity contribution in [3.63, 3.8) is 0 Å². The van der Waals surface area contributed by atoms with Gasteiger partial charge in [-0.25, -0.2) is 0 Å². The van der Waals surface area contributed by atoms with Gasteiger partial charge >= 0.3 is 0 Å². The summed E-state index contributed by atoms with van der Waals surface area (Å²) in [5.74, 6) is 0.347. The van der Waals surface area contributed by atoms with Crippen LogP contribution in [0.5, 0.6) is 11.5 Å². The van der Waals surface area contributed by atoms with Crippen molar-refractivity contribution in [3.05, 3.63) is 59.7 Å². The number of carbonyl (C=O) groups excluding carboxylic acids is 2. The molecule has 138 valence electrons. The van der Waals surface area contributed by atoms with Crippen LogP contribution in [0.25, 0.3) is 0 Å². The number of ether oxygens (including phenoxy) is 2. The highest BCUT2D eigenvalue weighted by atomic mass is 16.5. The summed E-state index contributed by atoms with van der Waals surface area (Å²) in [6.45, 7) is 4.79. The number of hydrogen-bond acceptors (Lipinski definition) is 5. The van der Waals surface area contributed by atoms with Crippen molar-refractivity contribution in [1.82, 2.24) is 5.32 Å². The van der Waals surface area contributed by atoms with Crippen molar-refractivity contribution >= 4 is 11.8 Å². The number of imide groups is 1. The molecule has 0 bridgehead atoms. The van der Waals surface area contributed by atoms with E-state index in [1.807, 2.05) is 13.8 Å². The van der Waals surface area contributed by atoms with Crippen LogP contribution >= 0.6 is 0 Å². The van der Waals surface area contributed by atoms with E-state index in [9.17, 15) is 9.59 Å². The maximum atomic E-state index is 12.1. The number of hydrogen-bond donors (Lipinski definition) is 2. The van der Waals surface area contributed by atoms with Crippen molar-refractivity contribution in [2.24, 2.45) is 5.73 Å². The number of rotatable bonds is 8. The molecule has 2 amide bonds. The van der Waals surface area contributed by atoms with E-state index in [4.69, 9.17) is 15.2 Å². The second kappa shape index (κ2) is 9.58. The Bertz CT molecular complexity index is 747. The minimum absolute atomic E-state index is 0.0158. The lowest BCUT2D eigenvalue weighted by Crippen LogP contribution is -2.32. The summed E-state index contributed by atoms with van der Waals surface area (Å²) in [5, 5.41) is 2.35. The molecule has 0 saturated carbocycles. The zero-order chi connectivity index (χ0) is 18.9. The van der Waals surface area contributed by atoms with Gasteiger partial charge in [0.25, 0.3) is 5.91 Å². The lowest BCUT2D eigenvalue weighted by molar-refractivity contribution is -0.120. The molecule has 1 atom stereocenters. The third-order valence-corrected chi connectivity index (χ3v) is 3.69. The fourth-order valence-electron chi connectivity index (χ4n) is 2.46. The predicted molar refractivity (Wildman–Crippen MR) is 99.2 cm³/mol. The van der Waals surface area contributed by atoms with E-state index in [2.05, 4.69) is 5.32 Å². The van der Waals surface area contributed by atoms with Gasteiger partial charge in [-0.3, -0.25) is 14.9 Å². The van der Waals surface area contributed by atoms with Gasteiger partial charge in [0.2, 0.25) is 5.91 Å². The van der Waals surface area contributed by atoms with E-state index in [0.29, 0.717) is 30.3 Å². The molecular weight excluding hydrogens is 332 g/mol. The average molecular weight is 356 g/mol. The highest BCUT2D eigenvalue weighted by Gasteiger charge is 2.17. The lowest BCUT2D eigenvalue weighted by atomic mass is 10.0. The molecule has 0 spiro atoms. The average Bonchev–Trinajstić information content (AvgIpc) is 2.64. The van der Waals surface area contributed by atoms with Crippen molar-refractivity contribution in [2.75, 3.05) is 13.2 Å². The molecule has 0 saturated heterocycles. The fourth-order valence-corrected chi connectivity index (χ4v) is 2.46. The smallest absolute Gasteiger partial charge is 0.257 e. The lowest BCUT2D eigenvalue weighted by Gasteiger charge is -2.16. The standard InChI is InChI=1S/C20H24N2O4/c1-3-25-17-11-10-15(12-18(17)26-4-2)16(21)13-19(23)22-20(24)14-8-6-5-7-9-14/h5-12,16H,3-4,13,21H2,1-2H3,(H,22,23,24). The Balaban J connectivity index is 2.02. The molecule has 0 radical (unpaired) electrons. The van der Waals surface area contributed by atoms with E-state index in [0.717, 1.165) is 5.56 Å². The minimum atomic E-state index is -0.562. The summed E-state index contributed by atoms with van der Waals surface area (Å²) in [6.07, 6.45) is -0.0158. The Kier molecular flexibility index (Phi) is 7.17. The minimum Gasteiger partial charge on any atom is -0.490 e. The van der Waals surface area contributed by atoms with E-state index >= 15 is 0 Å². The van der Waals surface area contributed by atoms with Crippen molar-refractivity contribution in [1.29, 1.82) is 0 Å². The van der Waals surface area contributed by atoms with Crippen LogP contribution in [0, 0.1) is 0 Å². The third-order valence-electron chi connectivity index (χ3n) is 3.69. The number of nitrogens with two attached hydrogens (primary N) is 1. The maximum Gasteiger partial charge on any atom is 0.257 e. The summed E-state index contributed by atoms with van der Waals surface area (Å²) in [7, 11) is 0. The van der Waals surface area contributed by atoms with E-state index in [1.54, 1.807) is 48.5 Å². The monoisotopic (exact) mass is 356 g/mol. The topological polar surface area (TPSA) is 90.6 Å². The first kappa shape index (κ1) is 19.5. The first-order valence-corrected chi connectivity index (χ1v) is 8.59. The van der Waals surface area contributed by atoms with Crippen molar-refractivity contribution < 1.29 is 19.1 Å². The highest BCUT2D eigenvalue weighted by molar-refractivity contribution is 6.04. The van der Waals surface area contributed by atoms with Crippen molar-refractivity contribution in [3.8, 4) is 11.5 Å². The number of nitrogens with one attached hydrogen (secondary N) is 1. The molecule has 0 fully saturated rings. The summed E-state index contributed by atoms with van der Waals surface area (Å²) in [6, 6.07) is 13.3. The summed E-state index contributed by atoms with van der Waals surface area (Å²) >= 11 is 0. The van der Waals surface area contributed by atoms with E-state index in [1.165, 1.54) is 0 Å². The molecule has 2 aromatic rings. The van der Waals surface area contributed by atoms with Crippen LogP contribution in [-0.4, -0.2) is 25.0 Å². The molecular formula is C20H24N2O4. The first-order chi connectivity index (χ1) is 12.5. The Morgan fingerprint density at radius 2 is 1.65 bits per heavy atom. The Hall–Kier alpha value is -2.86. The first-order valence-electron chi connectivity index (χ1n) is 8.59. The van der Waals surface area contributed by atoms with Crippen molar-refractivity contribution in [2.45, 2.75) is 26.3 Å².